The van der Waals surface area contributed by atoms with E-state index in [1.807, 2.05) is 13.0 Å². The van der Waals surface area contributed by atoms with Crippen LogP contribution in [0.1, 0.15) is 5.56 Å². The Labute approximate surface area is 133 Å². The van der Waals surface area contributed by atoms with Gasteiger partial charge in [0.05, 0.1) is 17.5 Å². The molecule has 2 aliphatic rings. The van der Waals surface area contributed by atoms with Crippen molar-refractivity contribution < 1.29 is 13.2 Å². The Balaban J connectivity index is 1.98. The molecular weight excluding hydrogens is 318 g/mol. The van der Waals surface area contributed by atoms with Gasteiger partial charge in [-0.2, -0.15) is 5.26 Å². The van der Waals surface area contributed by atoms with Gasteiger partial charge < -0.3 is 11.1 Å². The molecule has 8 nitrogen and oxygen atoms in total. The molecule has 0 saturated carbocycles. The highest BCUT2D eigenvalue weighted by molar-refractivity contribution is 7.89. The first-order chi connectivity index (χ1) is 10.9. The molecule has 0 radical (unpaired) electrons. The van der Waals surface area contributed by atoms with Gasteiger partial charge in [-0.15, -0.1) is 0 Å². The molecule has 2 unspecified atom stereocenters. The minimum absolute atomic E-state index is 0.00481. The summed E-state index contributed by atoms with van der Waals surface area (Å²) in [5.41, 5.74) is 6.65. The lowest BCUT2D eigenvalue weighted by Gasteiger charge is -2.37. The maximum atomic E-state index is 12.8. The zero-order valence-corrected chi connectivity index (χ0v) is 13.1. The topological polar surface area (TPSA) is 120 Å². The molecule has 1 aromatic rings. The number of nitrogens with zero attached hydrogens (tertiary/aromatic N) is 3. The number of nitrogens with one attached hydrogen (secondary N) is 1. The Kier molecular flexibility index (Phi) is 3.60. The molecule has 0 aromatic heterocycles. The Morgan fingerprint density at radius 2 is 2.00 bits per heavy atom. The lowest BCUT2D eigenvalue weighted by Crippen LogP contribution is -2.61. The molecule has 23 heavy (non-hydrogen) atoms. The van der Waals surface area contributed by atoms with E-state index in [0.29, 0.717) is 0 Å². The van der Waals surface area contributed by atoms with Crippen LogP contribution >= 0.6 is 0 Å². The van der Waals surface area contributed by atoms with Crippen molar-refractivity contribution in [3.05, 3.63) is 41.7 Å². The summed E-state index contributed by atoms with van der Waals surface area (Å²) in [6, 6.07) is 8.14. The number of fused-ring (bicyclic) bond motifs is 1. The van der Waals surface area contributed by atoms with E-state index in [9.17, 15) is 13.2 Å². The summed E-state index contributed by atoms with van der Waals surface area (Å²) in [6.45, 7) is 1.85. The third kappa shape index (κ3) is 2.37. The number of carbonyl (C=O) groups excluding carboxylic acids is 1. The van der Waals surface area contributed by atoms with Crippen LogP contribution in [0, 0.1) is 24.2 Å². The standard InChI is InChI=1S/C14H15N5O3S/c1-9-2-4-10(5-3-9)23(21,22)18-7-6-12-17-13(16)11(8-15)14(20)19(12)18/h2-6,11,13,17H,7,16H2,1H3. The molecule has 3 rings (SSSR count). The van der Waals surface area contributed by atoms with E-state index < -0.39 is 28.0 Å². The molecule has 1 saturated heterocycles. The minimum Gasteiger partial charge on any atom is -0.354 e. The molecule has 0 bridgehead atoms. The molecule has 0 aliphatic carbocycles. The van der Waals surface area contributed by atoms with Gasteiger partial charge in [0.15, 0.2) is 5.92 Å². The number of rotatable bonds is 2. The van der Waals surface area contributed by atoms with Crippen LogP contribution < -0.4 is 11.1 Å². The fourth-order valence-corrected chi connectivity index (χ4v) is 3.89. The SMILES string of the molecule is Cc1ccc(S(=O)(=O)N2CC=C3NC(N)C(C#N)C(=O)N32)cc1. The number of nitrogens with two attached hydrogens (primary N) is 1. The first-order valence-electron chi connectivity index (χ1n) is 6.91. The number of hydrogen-bond donors (Lipinski definition) is 2. The van der Waals surface area contributed by atoms with Crippen LogP contribution in [-0.2, 0) is 14.8 Å². The van der Waals surface area contributed by atoms with Gasteiger partial charge in [0, 0.05) is 0 Å². The first kappa shape index (κ1) is 15.5. The van der Waals surface area contributed by atoms with Crippen LogP contribution in [0.3, 0.4) is 0 Å². The van der Waals surface area contributed by atoms with E-state index >= 15 is 0 Å². The zero-order chi connectivity index (χ0) is 16.8. The molecule has 1 fully saturated rings. The van der Waals surface area contributed by atoms with Gasteiger partial charge >= 0.3 is 0 Å². The van der Waals surface area contributed by atoms with Crippen LogP contribution in [-0.4, -0.2) is 36.5 Å². The van der Waals surface area contributed by atoms with Crippen molar-refractivity contribution in [1.29, 1.82) is 5.26 Å². The Hall–Kier alpha value is -2.41. The third-order valence-corrected chi connectivity index (χ3v) is 5.51. The molecule has 2 heterocycles. The second-order valence-corrected chi connectivity index (χ2v) is 7.18. The minimum atomic E-state index is -3.91. The summed E-state index contributed by atoms with van der Waals surface area (Å²) in [5, 5.41) is 12.8. The summed E-state index contributed by atoms with van der Waals surface area (Å²) in [5.74, 6) is -1.52. The van der Waals surface area contributed by atoms with Gasteiger partial charge in [0.1, 0.15) is 12.0 Å². The predicted molar refractivity (Wildman–Crippen MR) is 80.2 cm³/mol. The van der Waals surface area contributed by atoms with Crippen LogP contribution in [0.4, 0.5) is 0 Å². The molecule has 1 amide bonds. The summed E-state index contributed by atoms with van der Waals surface area (Å²) in [4.78, 5) is 12.5. The molecule has 1 aromatic carbocycles. The predicted octanol–water partition coefficient (Wildman–Crippen LogP) is -0.388. The summed E-state index contributed by atoms with van der Waals surface area (Å²) >= 11 is 0. The van der Waals surface area contributed by atoms with E-state index in [-0.39, 0.29) is 17.3 Å². The van der Waals surface area contributed by atoms with E-state index in [1.54, 1.807) is 18.2 Å². The summed E-state index contributed by atoms with van der Waals surface area (Å²) in [7, 11) is -3.91. The number of hydrogen-bond acceptors (Lipinski definition) is 6. The van der Waals surface area contributed by atoms with Crippen LogP contribution in [0.15, 0.2) is 41.1 Å². The first-order valence-corrected chi connectivity index (χ1v) is 8.35. The van der Waals surface area contributed by atoms with E-state index in [4.69, 9.17) is 11.0 Å². The van der Waals surface area contributed by atoms with Gasteiger partial charge in [-0.05, 0) is 25.1 Å². The molecule has 2 atom stereocenters. The lowest BCUT2D eigenvalue weighted by atomic mass is 10.1. The molecule has 9 heteroatoms. The number of benzene rings is 1. The normalized spacial score (nSPS) is 24.7. The fraction of sp³-hybridized carbons (Fsp3) is 0.286. The smallest absolute Gasteiger partial charge is 0.264 e. The Morgan fingerprint density at radius 3 is 2.61 bits per heavy atom. The second kappa shape index (κ2) is 5.34. The fourth-order valence-electron chi connectivity index (χ4n) is 2.51. The number of nitriles is 1. The van der Waals surface area contributed by atoms with Crippen molar-refractivity contribution in [1.82, 2.24) is 14.7 Å². The molecule has 0 spiro atoms. The highest BCUT2D eigenvalue weighted by atomic mass is 32.2. The maximum absolute atomic E-state index is 12.8. The zero-order valence-electron chi connectivity index (χ0n) is 12.3. The third-order valence-electron chi connectivity index (χ3n) is 3.78. The van der Waals surface area contributed by atoms with Crippen LogP contribution in [0.5, 0.6) is 0 Å². The number of hydrazine groups is 1. The van der Waals surface area contributed by atoms with Crippen LogP contribution in [0.2, 0.25) is 0 Å². The van der Waals surface area contributed by atoms with E-state index in [0.717, 1.165) is 15.0 Å². The van der Waals surface area contributed by atoms with Gasteiger partial charge in [0.2, 0.25) is 0 Å². The highest BCUT2D eigenvalue weighted by Gasteiger charge is 2.46. The van der Waals surface area contributed by atoms with Gasteiger partial charge in [-0.25, -0.2) is 13.4 Å². The van der Waals surface area contributed by atoms with Gasteiger partial charge in [-0.1, -0.05) is 22.1 Å². The number of aryl methyl sites for hydroxylation is 1. The monoisotopic (exact) mass is 333 g/mol. The van der Waals surface area contributed by atoms with Crippen molar-refractivity contribution in [2.24, 2.45) is 11.7 Å². The quantitative estimate of drug-likeness (QED) is 0.761. The van der Waals surface area contributed by atoms with E-state index in [2.05, 4.69) is 5.32 Å². The van der Waals surface area contributed by atoms with Crippen LogP contribution in [0.25, 0.3) is 0 Å². The molecule has 2 aliphatic heterocycles. The molecular formula is C14H15N5O3S. The van der Waals surface area contributed by atoms with Crippen molar-refractivity contribution in [2.45, 2.75) is 18.0 Å². The lowest BCUT2D eigenvalue weighted by molar-refractivity contribution is -0.143. The maximum Gasteiger partial charge on any atom is 0.264 e. The van der Waals surface area contributed by atoms with Gasteiger partial charge in [0.25, 0.3) is 15.9 Å². The highest BCUT2D eigenvalue weighted by Crippen LogP contribution is 2.29. The molecule has 3 N–H and O–H groups in total. The number of carbonyl (C=O) groups is 1. The van der Waals surface area contributed by atoms with Crippen molar-refractivity contribution in [3.63, 3.8) is 0 Å². The van der Waals surface area contributed by atoms with Gasteiger partial charge in [-0.3, -0.25) is 4.79 Å². The van der Waals surface area contributed by atoms with Crippen molar-refractivity contribution >= 4 is 15.9 Å². The Morgan fingerprint density at radius 1 is 1.35 bits per heavy atom. The summed E-state index contributed by atoms with van der Waals surface area (Å²) in [6.07, 6.45) is 0.689. The summed E-state index contributed by atoms with van der Waals surface area (Å²) < 4.78 is 26.5. The largest absolute Gasteiger partial charge is 0.354 e. The van der Waals surface area contributed by atoms with Crippen molar-refractivity contribution in [3.8, 4) is 6.07 Å². The number of sulfonamides is 1. The van der Waals surface area contributed by atoms with Crippen molar-refractivity contribution in [2.75, 3.05) is 6.54 Å². The van der Waals surface area contributed by atoms with E-state index in [1.165, 1.54) is 12.1 Å². The Bertz CT molecular complexity index is 825. The number of amides is 1. The second-order valence-electron chi connectivity index (χ2n) is 5.34. The average molecular weight is 333 g/mol. The molecule has 120 valence electrons. The average Bonchev–Trinajstić information content (AvgIpc) is 2.92.